The molecule has 2 aromatic heterocycles. The molecule has 0 radical (unpaired) electrons. The zero-order chi connectivity index (χ0) is 20.1. The van der Waals surface area contributed by atoms with Gasteiger partial charge in [-0.15, -0.1) is 0 Å². The Labute approximate surface area is 162 Å². The van der Waals surface area contributed by atoms with Crippen molar-refractivity contribution in [2.75, 3.05) is 5.32 Å². The number of halogens is 4. The summed E-state index contributed by atoms with van der Waals surface area (Å²) >= 11 is 6.07. The Bertz CT molecular complexity index is 1160. The molecule has 4 rings (SSSR count). The molecule has 0 bridgehead atoms. The lowest BCUT2D eigenvalue weighted by Crippen LogP contribution is -2.13. The molecule has 0 unspecified atom stereocenters. The van der Waals surface area contributed by atoms with Gasteiger partial charge >= 0.3 is 6.18 Å². The monoisotopic (exact) mass is 408 g/mol. The van der Waals surface area contributed by atoms with Crippen molar-refractivity contribution in [1.82, 2.24) is 14.5 Å². The van der Waals surface area contributed by atoms with Gasteiger partial charge < -0.3 is 20.0 Å². The number of fused-ring (bicyclic) bond motifs is 2. The van der Waals surface area contributed by atoms with Gasteiger partial charge in [-0.05, 0) is 43.3 Å². The van der Waals surface area contributed by atoms with Crippen LogP contribution in [0.25, 0.3) is 21.9 Å². The van der Waals surface area contributed by atoms with E-state index in [1.807, 2.05) is 6.07 Å². The largest absolute Gasteiger partial charge is 0.416 e. The van der Waals surface area contributed by atoms with Gasteiger partial charge in [0.25, 0.3) is 0 Å². The number of hydrogen-bond donors (Lipinski definition) is 3. The van der Waals surface area contributed by atoms with Crippen molar-refractivity contribution in [2.24, 2.45) is 0 Å². The van der Waals surface area contributed by atoms with Gasteiger partial charge in [0, 0.05) is 22.1 Å². The molecule has 0 aliphatic heterocycles. The topological polar surface area (TPSA) is 65.9 Å². The molecule has 5 nitrogen and oxygen atoms in total. The number of aliphatic hydroxyl groups excluding tert-OH is 1. The van der Waals surface area contributed by atoms with E-state index in [1.54, 1.807) is 29.8 Å². The van der Waals surface area contributed by atoms with E-state index in [4.69, 9.17) is 11.6 Å². The Balaban J connectivity index is 1.83. The van der Waals surface area contributed by atoms with Crippen LogP contribution in [0.5, 0.6) is 0 Å². The minimum atomic E-state index is -4.45. The predicted molar refractivity (Wildman–Crippen MR) is 103 cm³/mol. The fourth-order valence-electron chi connectivity index (χ4n) is 3.17. The van der Waals surface area contributed by atoms with Crippen molar-refractivity contribution in [3.05, 3.63) is 53.2 Å². The van der Waals surface area contributed by atoms with Gasteiger partial charge in [-0.25, -0.2) is 4.98 Å². The van der Waals surface area contributed by atoms with Gasteiger partial charge in [-0.2, -0.15) is 13.2 Å². The molecule has 2 aromatic carbocycles. The number of benzene rings is 2. The van der Waals surface area contributed by atoms with Crippen LogP contribution in [-0.2, 0) is 12.7 Å². The molecule has 0 aliphatic carbocycles. The number of nitrogens with zero attached hydrogens (tertiary/aromatic N) is 2. The summed E-state index contributed by atoms with van der Waals surface area (Å²) in [5.74, 6) is 0.330. The first-order chi connectivity index (χ1) is 13.2. The standard InChI is InChI=1S/C19H16ClF3N4O/c1-10(28)9-27-17-5-2-11(19(21,22)23)6-15(17)25-18(27)26-16-8-24-14-4-3-12(20)7-13(14)16/h2-8,10,24,28H,9H2,1H3,(H,25,26)/t10-/m0/s1. The van der Waals surface area contributed by atoms with E-state index in [1.165, 1.54) is 6.07 Å². The second kappa shape index (κ2) is 6.72. The minimum Gasteiger partial charge on any atom is -0.392 e. The molecule has 28 heavy (non-hydrogen) atoms. The number of anilines is 2. The number of aromatic amines is 1. The first-order valence-corrected chi connectivity index (χ1v) is 8.89. The van der Waals surface area contributed by atoms with Crippen LogP contribution in [0.1, 0.15) is 12.5 Å². The lowest BCUT2D eigenvalue weighted by atomic mass is 10.2. The van der Waals surface area contributed by atoms with Gasteiger partial charge in [-0.1, -0.05) is 11.6 Å². The SMILES string of the molecule is C[C@H](O)Cn1c(Nc2c[nH]c3ccc(Cl)cc23)nc2cc(C(F)(F)F)ccc21. The van der Waals surface area contributed by atoms with Crippen molar-refractivity contribution < 1.29 is 18.3 Å². The molecule has 4 aromatic rings. The van der Waals surface area contributed by atoms with Gasteiger partial charge in [0.1, 0.15) is 0 Å². The number of aromatic nitrogens is 3. The molecule has 2 heterocycles. The molecule has 0 amide bonds. The minimum absolute atomic E-state index is 0.174. The van der Waals surface area contributed by atoms with E-state index >= 15 is 0 Å². The highest BCUT2D eigenvalue weighted by molar-refractivity contribution is 6.31. The lowest BCUT2D eigenvalue weighted by Gasteiger charge is -2.12. The van der Waals surface area contributed by atoms with Gasteiger partial charge in [-0.3, -0.25) is 0 Å². The molecule has 0 saturated carbocycles. The molecule has 0 saturated heterocycles. The fourth-order valence-corrected chi connectivity index (χ4v) is 3.34. The average molecular weight is 409 g/mol. The van der Waals surface area contributed by atoms with Gasteiger partial charge in [0.05, 0.1) is 34.9 Å². The Hall–Kier alpha value is -2.71. The zero-order valence-corrected chi connectivity index (χ0v) is 15.4. The highest BCUT2D eigenvalue weighted by Gasteiger charge is 2.31. The highest BCUT2D eigenvalue weighted by atomic mass is 35.5. The van der Waals surface area contributed by atoms with Crippen molar-refractivity contribution in [3.63, 3.8) is 0 Å². The maximum Gasteiger partial charge on any atom is 0.416 e. The summed E-state index contributed by atoms with van der Waals surface area (Å²) in [6.45, 7) is 1.78. The summed E-state index contributed by atoms with van der Waals surface area (Å²) in [6, 6.07) is 8.75. The zero-order valence-electron chi connectivity index (χ0n) is 14.7. The third kappa shape index (κ3) is 3.41. The van der Waals surface area contributed by atoms with Crippen molar-refractivity contribution in [1.29, 1.82) is 0 Å². The molecule has 9 heteroatoms. The molecule has 0 spiro atoms. The number of imidazole rings is 1. The molecule has 0 aliphatic rings. The number of rotatable bonds is 4. The summed E-state index contributed by atoms with van der Waals surface area (Å²) in [5.41, 5.74) is 1.44. The van der Waals surface area contributed by atoms with Crippen molar-refractivity contribution in [3.8, 4) is 0 Å². The molecule has 146 valence electrons. The van der Waals surface area contributed by atoms with Crippen LogP contribution in [0.3, 0.4) is 0 Å². The Morgan fingerprint density at radius 2 is 2.04 bits per heavy atom. The number of aliphatic hydroxyl groups is 1. The van der Waals surface area contributed by atoms with Crippen LogP contribution in [0.2, 0.25) is 5.02 Å². The summed E-state index contributed by atoms with van der Waals surface area (Å²) in [6.07, 6.45) is -3.44. The molecular formula is C19H16ClF3N4O. The second-order valence-corrected chi connectivity index (χ2v) is 7.05. The first kappa shape index (κ1) is 18.6. The van der Waals surface area contributed by atoms with Crippen LogP contribution in [0.15, 0.2) is 42.6 Å². The smallest absolute Gasteiger partial charge is 0.392 e. The first-order valence-electron chi connectivity index (χ1n) is 8.51. The summed E-state index contributed by atoms with van der Waals surface area (Å²) in [5, 5.41) is 14.4. The quantitative estimate of drug-likeness (QED) is 0.428. The van der Waals surface area contributed by atoms with E-state index < -0.39 is 17.8 Å². The predicted octanol–water partition coefficient (Wildman–Crippen LogP) is 5.31. The molecule has 0 fully saturated rings. The fraction of sp³-hybridized carbons (Fsp3) is 0.211. The number of alkyl halides is 3. The maximum atomic E-state index is 13.0. The Morgan fingerprint density at radius 3 is 2.75 bits per heavy atom. The van der Waals surface area contributed by atoms with E-state index in [0.29, 0.717) is 22.2 Å². The van der Waals surface area contributed by atoms with Crippen LogP contribution < -0.4 is 5.32 Å². The van der Waals surface area contributed by atoms with Gasteiger partial charge in [0.2, 0.25) is 5.95 Å². The van der Waals surface area contributed by atoms with E-state index in [2.05, 4.69) is 15.3 Å². The van der Waals surface area contributed by atoms with Crippen LogP contribution >= 0.6 is 11.6 Å². The molecular weight excluding hydrogens is 393 g/mol. The Kier molecular flexibility index (Phi) is 4.47. The average Bonchev–Trinajstić information content (AvgIpc) is 3.15. The number of hydrogen-bond acceptors (Lipinski definition) is 3. The van der Waals surface area contributed by atoms with Crippen molar-refractivity contribution >= 4 is 45.2 Å². The van der Waals surface area contributed by atoms with Crippen molar-refractivity contribution in [2.45, 2.75) is 25.7 Å². The Morgan fingerprint density at radius 1 is 1.25 bits per heavy atom. The molecule has 3 N–H and O–H groups in total. The summed E-state index contributed by atoms with van der Waals surface area (Å²) in [7, 11) is 0. The van der Waals surface area contributed by atoms with Crippen LogP contribution in [-0.4, -0.2) is 25.7 Å². The van der Waals surface area contributed by atoms with E-state index in [0.717, 1.165) is 23.0 Å². The number of H-pyrrole nitrogens is 1. The summed E-state index contributed by atoms with van der Waals surface area (Å²) < 4.78 is 40.8. The normalized spacial score (nSPS) is 13.4. The maximum absolute atomic E-state index is 13.0. The molecule has 1 atom stereocenters. The van der Waals surface area contributed by atoms with Crippen LogP contribution in [0, 0.1) is 0 Å². The highest BCUT2D eigenvalue weighted by Crippen LogP contribution is 2.34. The van der Waals surface area contributed by atoms with Crippen LogP contribution in [0.4, 0.5) is 24.8 Å². The third-order valence-electron chi connectivity index (χ3n) is 4.41. The van der Waals surface area contributed by atoms with E-state index in [9.17, 15) is 18.3 Å². The summed E-state index contributed by atoms with van der Waals surface area (Å²) in [4.78, 5) is 7.44. The number of nitrogens with one attached hydrogen (secondary N) is 2. The third-order valence-corrected chi connectivity index (χ3v) is 4.65. The second-order valence-electron chi connectivity index (χ2n) is 6.61. The lowest BCUT2D eigenvalue weighted by molar-refractivity contribution is -0.137. The van der Waals surface area contributed by atoms with E-state index in [-0.39, 0.29) is 12.1 Å². The van der Waals surface area contributed by atoms with Gasteiger partial charge in [0.15, 0.2) is 0 Å².